The quantitative estimate of drug-likeness (QED) is 0.261. The van der Waals surface area contributed by atoms with Crippen LogP contribution in [-0.4, -0.2) is 35.6 Å². The first-order valence-electron chi connectivity index (χ1n) is 13.4. The van der Waals surface area contributed by atoms with Crippen LogP contribution >= 0.6 is 0 Å². The zero-order valence-electron chi connectivity index (χ0n) is 23.2. The van der Waals surface area contributed by atoms with Crippen molar-refractivity contribution in [3.05, 3.63) is 76.6 Å². The molecule has 0 atom stereocenters. The Labute approximate surface area is 229 Å². The molecule has 1 aliphatic rings. The van der Waals surface area contributed by atoms with Crippen molar-refractivity contribution < 1.29 is 23.9 Å². The predicted molar refractivity (Wildman–Crippen MR) is 152 cm³/mol. The number of urea groups is 1. The molecule has 1 aromatic heterocycles. The summed E-state index contributed by atoms with van der Waals surface area (Å²) in [4.78, 5) is 40.3. The lowest BCUT2D eigenvalue weighted by Gasteiger charge is -2.28. The Hall–Kier alpha value is -4.33. The number of nitrogens with zero attached hydrogens (tertiary/aromatic N) is 2. The van der Waals surface area contributed by atoms with E-state index in [1.54, 1.807) is 18.2 Å². The lowest BCUT2D eigenvalue weighted by Crippen LogP contribution is -2.54. The summed E-state index contributed by atoms with van der Waals surface area (Å²) >= 11 is 0. The minimum Gasteiger partial charge on any atom is -0.494 e. The molecular weight excluding hydrogens is 494 g/mol. The van der Waals surface area contributed by atoms with Gasteiger partial charge in [-0.2, -0.15) is 0 Å². The van der Waals surface area contributed by atoms with Gasteiger partial charge in [-0.3, -0.25) is 14.9 Å². The van der Waals surface area contributed by atoms with Crippen molar-refractivity contribution in [3.8, 4) is 17.2 Å². The van der Waals surface area contributed by atoms with Gasteiger partial charge < -0.3 is 14.0 Å². The largest absolute Gasteiger partial charge is 0.494 e. The second-order valence-corrected chi connectivity index (χ2v) is 9.39. The topological polar surface area (TPSA) is 89.9 Å². The van der Waals surface area contributed by atoms with Crippen molar-refractivity contribution in [2.75, 3.05) is 18.1 Å². The maximum absolute atomic E-state index is 13.6. The van der Waals surface area contributed by atoms with E-state index in [0.717, 1.165) is 41.2 Å². The molecule has 2 heterocycles. The molecule has 8 nitrogen and oxygen atoms in total. The molecule has 4 amide bonds. The molecule has 8 heteroatoms. The molecule has 4 rings (SSSR count). The van der Waals surface area contributed by atoms with Crippen molar-refractivity contribution in [3.63, 3.8) is 0 Å². The predicted octanol–water partition coefficient (Wildman–Crippen LogP) is 5.90. The van der Waals surface area contributed by atoms with Crippen LogP contribution in [0.15, 0.2) is 54.1 Å². The number of nitrogens with one attached hydrogen (secondary N) is 1. The van der Waals surface area contributed by atoms with Crippen LogP contribution in [0.2, 0.25) is 0 Å². The van der Waals surface area contributed by atoms with Crippen molar-refractivity contribution in [1.82, 2.24) is 9.88 Å². The molecule has 0 radical (unpaired) electrons. The third-order valence-electron chi connectivity index (χ3n) is 6.67. The van der Waals surface area contributed by atoms with E-state index in [4.69, 9.17) is 9.47 Å². The Morgan fingerprint density at radius 1 is 0.897 bits per heavy atom. The summed E-state index contributed by atoms with van der Waals surface area (Å²) in [5.74, 6) is -0.671. The molecule has 1 fully saturated rings. The molecular formula is C31H35N3O5. The number of carbonyl (C=O) groups is 3. The van der Waals surface area contributed by atoms with Crippen LogP contribution in [0.25, 0.3) is 11.8 Å². The van der Waals surface area contributed by atoms with Crippen molar-refractivity contribution in [2.24, 2.45) is 0 Å². The van der Waals surface area contributed by atoms with Crippen LogP contribution in [0.5, 0.6) is 11.5 Å². The highest BCUT2D eigenvalue weighted by atomic mass is 16.5. The van der Waals surface area contributed by atoms with Crippen molar-refractivity contribution in [1.29, 1.82) is 0 Å². The minimum atomic E-state index is -0.842. The Morgan fingerprint density at radius 3 is 2.28 bits per heavy atom. The molecule has 3 aromatic rings. The molecule has 1 N–H and O–H groups in total. The molecule has 0 unspecified atom stereocenters. The number of imide groups is 2. The van der Waals surface area contributed by atoms with Gasteiger partial charge in [-0.25, -0.2) is 9.69 Å². The first kappa shape index (κ1) is 27.7. The third-order valence-corrected chi connectivity index (χ3v) is 6.67. The van der Waals surface area contributed by atoms with Crippen molar-refractivity contribution >= 4 is 29.6 Å². The Morgan fingerprint density at radius 2 is 1.62 bits per heavy atom. The Balaban J connectivity index is 1.72. The fourth-order valence-electron chi connectivity index (χ4n) is 4.76. The normalized spacial score (nSPS) is 14.6. The van der Waals surface area contributed by atoms with Crippen LogP contribution in [0.3, 0.4) is 0 Å². The third kappa shape index (κ3) is 5.74. The number of unbranched alkanes of at least 4 members (excludes halogenated alkanes) is 1. The highest BCUT2D eigenvalue weighted by molar-refractivity contribution is 6.39. The van der Waals surface area contributed by atoms with Gasteiger partial charge >= 0.3 is 6.03 Å². The smallest absolute Gasteiger partial charge is 0.336 e. The van der Waals surface area contributed by atoms with E-state index in [0.29, 0.717) is 30.3 Å². The van der Waals surface area contributed by atoms with Gasteiger partial charge in [0, 0.05) is 23.1 Å². The van der Waals surface area contributed by atoms with E-state index in [1.165, 1.54) is 11.6 Å². The van der Waals surface area contributed by atoms with Gasteiger partial charge in [-0.05, 0) is 88.1 Å². The number of ether oxygens (including phenoxy) is 2. The fraction of sp³-hybridized carbons (Fsp3) is 0.323. The molecule has 0 saturated carbocycles. The summed E-state index contributed by atoms with van der Waals surface area (Å²) in [7, 11) is 0. The van der Waals surface area contributed by atoms with Gasteiger partial charge in [-0.1, -0.05) is 25.5 Å². The van der Waals surface area contributed by atoms with E-state index in [9.17, 15) is 14.4 Å². The van der Waals surface area contributed by atoms with Gasteiger partial charge in [0.2, 0.25) is 0 Å². The number of carbonyl (C=O) groups excluding carboxylic acids is 3. The number of rotatable bonds is 10. The average molecular weight is 530 g/mol. The maximum Gasteiger partial charge on any atom is 0.336 e. The number of benzene rings is 2. The number of amides is 4. The van der Waals surface area contributed by atoms with Crippen LogP contribution < -0.4 is 19.7 Å². The monoisotopic (exact) mass is 529 g/mol. The number of hydrogen-bond donors (Lipinski definition) is 1. The second kappa shape index (κ2) is 12.0. The van der Waals surface area contributed by atoms with Gasteiger partial charge in [0.05, 0.1) is 18.9 Å². The Kier molecular flexibility index (Phi) is 8.54. The van der Waals surface area contributed by atoms with E-state index >= 15 is 0 Å². The van der Waals surface area contributed by atoms with Crippen LogP contribution in [0.1, 0.15) is 56.1 Å². The van der Waals surface area contributed by atoms with E-state index in [1.807, 2.05) is 33.8 Å². The van der Waals surface area contributed by atoms with Crippen LogP contribution in [0.4, 0.5) is 10.5 Å². The first-order valence-corrected chi connectivity index (χ1v) is 13.4. The summed E-state index contributed by atoms with van der Waals surface area (Å²) < 4.78 is 13.3. The average Bonchev–Trinajstić information content (AvgIpc) is 3.19. The van der Waals surface area contributed by atoms with E-state index in [-0.39, 0.29) is 11.3 Å². The lowest BCUT2D eigenvalue weighted by atomic mass is 10.1. The van der Waals surface area contributed by atoms with E-state index < -0.39 is 17.8 Å². The number of aryl methyl sites for hydroxylation is 2. The van der Waals surface area contributed by atoms with Gasteiger partial charge in [0.1, 0.15) is 17.1 Å². The number of barbiturate groups is 1. The summed E-state index contributed by atoms with van der Waals surface area (Å²) in [5, 5.41) is 2.30. The molecule has 1 aliphatic heterocycles. The molecule has 0 bridgehead atoms. The van der Waals surface area contributed by atoms with E-state index in [2.05, 4.69) is 41.1 Å². The number of hydrogen-bond acceptors (Lipinski definition) is 5. The summed E-state index contributed by atoms with van der Waals surface area (Å²) in [5.41, 5.74) is 4.90. The molecule has 1 saturated heterocycles. The second-order valence-electron chi connectivity index (χ2n) is 9.39. The molecule has 204 valence electrons. The van der Waals surface area contributed by atoms with Crippen LogP contribution in [-0.2, 0) is 16.0 Å². The van der Waals surface area contributed by atoms with Gasteiger partial charge in [-0.15, -0.1) is 0 Å². The molecule has 0 aliphatic carbocycles. The fourth-order valence-corrected chi connectivity index (χ4v) is 4.76. The molecule has 2 aromatic carbocycles. The highest BCUT2D eigenvalue weighted by Gasteiger charge is 2.38. The maximum atomic E-state index is 13.6. The number of anilines is 1. The number of aromatic nitrogens is 1. The zero-order chi connectivity index (χ0) is 28.1. The summed E-state index contributed by atoms with van der Waals surface area (Å²) in [6.07, 6.45) is 4.88. The highest BCUT2D eigenvalue weighted by Crippen LogP contribution is 2.35. The SMILES string of the molecule is CCCCc1ccc(-n2c(C)cc(/C=C3\C(=O)NC(=O)N(c4cc(OCC)ccc4OCC)C3=O)c2C)cc1. The summed E-state index contributed by atoms with van der Waals surface area (Å²) in [6, 6.07) is 14.4. The lowest BCUT2D eigenvalue weighted by molar-refractivity contribution is -0.122. The minimum absolute atomic E-state index is 0.144. The summed E-state index contributed by atoms with van der Waals surface area (Å²) in [6.45, 7) is 10.5. The van der Waals surface area contributed by atoms with Gasteiger partial charge in [0.15, 0.2) is 0 Å². The van der Waals surface area contributed by atoms with Gasteiger partial charge in [0.25, 0.3) is 11.8 Å². The first-order chi connectivity index (χ1) is 18.8. The molecule has 39 heavy (non-hydrogen) atoms. The van der Waals surface area contributed by atoms with Crippen LogP contribution in [0, 0.1) is 13.8 Å². The molecule has 0 spiro atoms. The zero-order valence-corrected chi connectivity index (χ0v) is 23.2. The van der Waals surface area contributed by atoms with Crippen molar-refractivity contribution in [2.45, 2.75) is 53.9 Å². The standard InChI is InChI=1S/C31H35N3O5/c1-6-9-10-22-11-13-24(14-12-22)33-20(4)17-23(21(33)5)18-26-29(35)32-31(37)34(30(26)36)27-19-25(38-7-2)15-16-28(27)39-8-3/h11-19H,6-10H2,1-5H3,(H,32,35,37)/b26-18+. The Bertz CT molecular complexity index is 1420.